The van der Waals surface area contributed by atoms with Gasteiger partial charge in [-0.2, -0.15) is 0 Å². The first-order valence-corrected chi connectivity index (χ1v) is 4.96. The molecule has 0 bridgehead atoms. The summed E-state index contributed by atoms with van der Waals surface area (Å²) in [5, 5.41) is 2.91. The Hall–Kier alpha value is -0.770. The highest BCUT2D eigenvalue weighted by Gasteiger charge is 2.17. The van der Waals surface area contributed by atoms with Crippen LogP contribution in [0.3, 0.4) is 0 Å². The van der Waals surface area contributed by atoms with Crippen LogP contribution in [-0.2, 0) is 4.74 Å². The van der Waals surface area contributed by atoms with Gasteiger partial charge >= 0.3 is 6.03 Å². The highest BCUT2D eigenvalue weighted by molar-refractivity contribution is 5.74. The van der Waals surface area contributed by atoms with E-state index in [4.69, 9.17) is 4.74 Å². The topological polar surface area (TPSA) is 41.6 Å². The Morgan fingerprint density at radius 3 is 2.36 bits per heavy atom. The molecule has 0 saturated carbocycles. The summed E-state index contributed by atoms with van der Waals surface area (Å²) in [6.45, 7) is 9.77. The van der Waals surface area contributed by atoms with Crippen molar-refractivity contribution in [3.8, 4) is 0 Å². The van der Waals surface area contributed by atoms with Crippen molar-refractivity contribution in [3.05, 3.63) is 0 Å². The lowest BCUT2D eigenvalue weighted by atomic mass is 10.1. The number of nitrogens with one attached hydrogen (secondary N) is 1. The highest BCUT2D eigenvalue weighted by Crippen LogP contribution is 2.00. The second-order valence-electron chi connectivity index (χ2n) is 4.25. The third kappa shape index (κ3) is 5.80. The number of carbonyl (C=O) groups is 1. The second-order valence-corrected chi connectivity index (χ2v) is 4.25. The second kappa shape index (κ2) is 5.86. The van der Waals surface area contributed by atoms with Gasteiger partial charge in [0.25, 0.3) is 0 Å². The Balaban J connectivity index is 4.04. The van der Waals surface area contributed by atoms with Gasteiger partial charge in [-0.05, 0) is 27.7 Å². The van der Waals surface area contributed by atoms with Crippen molar-refractivity contribution in [2.24, 2.45) is 0 Å². The quantitative estimate of drug-likeness (QED) is 0.750. The van der Waals surface area contributed by atoms with Gasteiger partial charge in [-0.1, -0.05) is 0 Å². The molecule has 84 valence electrons. The first-order valence-electron chi connectivity index (χ1n) is 4.96. The number of amides is 2. The summed E-state index contributed by atoms with van der Waals surface area (Å²) in [6, 6.07) is -0.0305. The van der Waals surface area contributed by atoms with E-state index in [0.29, 0.717) is 19.7 Å². The zero-order valence-corrected chi connectivity index (χ0v) is 9.89. The fraction of sp³-hybridized carbons (Fsp3) is 0.900. The average molecular weight is 202 g/mol. The van der Waals surface area contributed by atoms with E-state index >= 15 is 0 Å². The molecule has 0 atom stereocenters. The molecule has 2 amide bonds. The van der Waals surface area contributed by atoms with Crippen LogP contribution in [0.4, 0.5) is 4.79 Å². The van der Waals surface area contributed by atoms with Gasteiger partial charge in [0.1, 0.15) is 0 Å². The number of carbonyl (C=O) groups excluding carboxylic acids is 1. The number of hydrogen-bond donors (Lipinski definition) is 1. The van der Waals surface area contributed by atoms with Crippen molar-refractivity contribution < 1.29 is 9.53 Å². The van der Waals surface area contributed by atoms with Crippen LogP contribution in [0.5, 0.6) is 0 Å². The van der Waals surface area contributed by atoms with Crippen LogP contribution in [-0.4, -0.2) is 43.3 Å². The molecule has 0 aromatic heterocycles. The Kier molecular flexibility index (Phi) is 5.53. The minimum Gasteiger partial charge on any atom is -0.383 e. The molecule has 0 fully saturated rings. The van der Waals surface area contributed by atoms with E-state index in [9.17, 15) is 4.79 Å². The first-order chi connectivity index (χ1) is 6.40. The molecule has 0 aliphatic carbocycles. The Morgan fingerprint density at radius 2 is 2.00 bits per heavy atom. The molecular weight excluding hydrogens is 180 g/mol. The molecule has 0 spiro atoms. The van der Waals surface area contributed by atoms with Gasteiger partial charge in [0.15, 0.2) is 0 Å². The van der Waals surface area contributed by atoms with E-state index in [2.05, 4.69) is 5.32 Å². The predicted octanol–water partition coefficient (Wildman–Crippen LogP) is 1.46. The van der Waals surface area contributed by atoms with Crippen molar-refractivity contribution in [3.63, 3.8) is 0 Å². The summed E-state index contributed by atoms with van der Waals surface area (Å²) in [7, 11) is 1.63. The van der Waals surface area contributed by atoms with Gasteiger partial charge in [0.2, 0.25) is 0 Å². The van der Waals surface area contributed by atoms with Crippen LogP contribution < -0.4 is 5.32 Å². The van der Waals surface area contributed by atoms with Gasteiger partial charge < -0.3 is 15.0 Å². The highest BCUT2D eigenvalue weighted by atomic mass is 16.5. The molecule has 0 heterocycles. The van der Waals surface area contributed by atoms with Crippen LogP contribution in [0.2, 0.25) is 0 Å². The zero-order valence-electron chi connectivity index (χ0n) is 9.89. The van der Waals surface area contributed by atoms with Gasteiger partial charge in [0.05, 0.1) is 6.61 Å². The molecule has 14 heavy (non-hydrogen) atoms. The maximum Gasteiger partial charge on any atom is 0.317 e. The Bertz CT molecular complexity index is 175. The van der Waals surface area contributed by atoms with E-state index in [1.807, 2.05) is 27.7 Å². The van der Waals surface area contributed by atoms with Gasteiger partial charge in [-0.3, -0.25) is 0 Å². The third-order valence-electron chi connectivity index (χ3n) is 1.72. The molecule has 0 aromatic carbocycles. The first kappa shape index (κ1) is 13.2. The summed E-state index contributed by atoms with van der Waals surface area (Å²) in [5.41, 5.74) is -0.183. The monoisotopic (exact) mass is 202 g/mol. The molecule has 0 aromatic rings. The Labute approximate surface area is 86.6 Å². The maximum atomic E-state index is 11.7. The fourth-order valence-electron chi connectivity index (χ4n) is 1.00. The summed E-state index contributed by atoms with van der Waals surface area (Å²) in [6.07, 6.45) is 0. The molecule has 1 N–H and O–H groups in total. The summed E-state index contributed by atoms with van der Waals surface area (Å²) in [4.78, 5) is 13.4. The molecular formula is C10H22N2O2. The average Bonchev–Trinajstić information content (AvgIpc) is 2.02. The largest absolute Gasteiger partial charge is 0.383 e. The van der Waals surface area contributed by atoms with Crippen molar-refractivity contribution in [1.82, 2.24) is 10.2 Å². The Morgan fingerprint density at radius 1 is 1.43 bits per heavy atom. The molecule has 0 aliphatic rings. The van der Waals surface area contributed by atoms with Gasteiger partial charge in [-0.15, -0.1) is 0 Å². The number of nitrogens with zero attached hydrogens (tertiary/aromatic N) is 1. The minimum absolute atomic E-state index is 0.0305. The molecule has 0 rings (SSSR count). The fourth-order valence-corrected chi connectivity index (χ4v) is 1.00. The predicted molar refractivity (Wildman–Crippen MR) is 57.4 cm³/mol. The van der Waals surface area contributed by atoms with Crippen molar-refractivity contribution in [2.75, 3.05) is 26.8 Å². The zero-order chi connectivity index (χ0) is 11.2. The van der Waals surface area contributed by atoms with E-state index in [0.717, 1.165) is 0 Å². The van der Waals surface area contributed by atoms with Crippen LogP contribution >= 0.6 is 0 Å². The van der Waals surface area contributed by atoms with Crippen LogP contribution in [0.25, 0.3) is 0 Å². The molecule has 0 aliphatic heterocycles. The lowest BCUT2D eigenvalue weighted by molar-refractivity contribution is 0.147. The molecule has 4 nitrogen and oxygen atoms in total. The molecule has 0 radical (unpaired) electrons. The van der Waals surface area contributed by atoms with Gasteiger partial charge in [-0.25, -0.2) is 4.79 Å². The lowest BCUT2D eigenvalue weighted by Crippen LogP contribution is -2.49. The number of urea groups is 1. The number of rotatable bonds is 4. The normalized spacial score (nSPS) is 11.2. The lowest BCUT2D eigenvalue weighted by Gasteiger charge is -2.27. The third-order valence-corrected chi connectivity index (χ3v) is 1.72. The van der Waals surface area contributed by atoms with E-state index in [-0.39, 0.29) is 11.6 Å². The van der Waals surface area contributed by atoms with Crippen LogP contribution in [0, 0.1) is 0 Å². The van der Waals surface area contributed by atoms with Crippen molar-refractivity contribution in [2.45, 2.75) is 33.2 Å². The number of likely N-dealkylation sites (N-methyl/N-ethyl adjacent to an activating group) is 1. The summed E-state index contributed by atoms with van der Waals surface area (Å²) < 4.78 is 4.93. The van der Waals surface area contributed by atoms with Crippen LogP contribution in [0.1, 0.15) is 27.7 Å². The maximum absolute atomic E-state index is 11.7. The standard InChI is InChI=1S/C10H22N2O2/c1-6-12(7-8-14-5)9(13)11-10(2,3)4/h6-8H2,1-5H3,(H,11,13). The number of hydrogen-bond acceptors (Lipinski definition) is 2. The number of ether oxygens (including phenoxy) is 1. The molecule has 0 unspecified atom stereocenters. The SMILES string of the molecule is CCN(CCOC)C(=O)NC(C)(C)C. The van der Waals surface area contributed by atoms with E-state index < -0.39 is 0 Å². The molecule has 4 heteroatoms. The van der Waals surface area contributed by atoms with Crippen molar-refractivity contribution >= 4 is 6.03 Å². The number of methoxy groups -OCH3 is 1. The summed E-state index contributed by atoms with van der Waals surface area (Å²) >= 11 is 0. The van der Waals surface area contributed by atoms with Crippen molar-refractivity contribution in [1.29, 1.82) is 0 Å². The van der Waals surface area contributed by atoms with E-state index in [1.54, 1.807) is 12.0 Å². The van der Waals surface area contributed by atoms with Crippen LogP contribution in [0.15, 0.2) is 0 Å². The molecule has 0 saturated heterocycles. The smallest absolute Gasteiger partial charge is 0.317 e. The summed E-state index contributed by atoms with van der Waals surface area (Å²) in [5.74, 6) is 0. The minimum atomic E-state index is -0.183. The van der Waals surface area contributed by atoms with Gasteiger partial charge in [0, 0.05) is 25.7 Å². The van der Waals surface area contributed by atoms with E-state index in [1.165, 1.54) is 0 Å².